The first-order valence-electron chi connectivity index (χ1n) is 10.9. The fraction of sp³-hybridized carbons (Fsp3) is 0.700. The quantitative estimate of drug-likeness (QED) is 0.316. The maximum atomic E-state index is 13.2. The molecule has 176 valence electrons. The number of alkyl halides is 1. The van der Waals surface area contributed by atoms with Crippen LogP contribution < -0.4 is 26.6 Å². The van der Waals surface area contributed by atoms with Gasteiger partial charge in [0.1, 0.15) is 5.92 Å². The molecule has 1 amide bonds. The monoisotopic (exact) mass is 466 g/mol. The molecule has 3 aliphatic heterocycles. The molecule has 3 fully saturated rings. The molecule has 3 saturated heterocycles. The number of hydrogen-bond donors (Lipinski definition) is 4. The Bertz CT molecular complexity index is 810. The van der Waals surface area contributed by atoms with Crippen LogP contribution in [-0.4, -0.2) is 91.5 Å². The number of hydrogen-bond acceptors (Lipinski definition) is 10. The van der Waals surface area contributed by atoms with Gasteiger partial charge in [0, 0.05) is 45.5 Å². The maximum absolute atomic E-state index is 13.2. The number of halogens is 1. The Morgan fingerprint density at radius 1 is 1.34 bits per heavy atom. The summed E-state index contributed by atoms with van der Waals surface area (Å²) in [6, 6.07) is 1.89. The maximum Gasteiger partial charge on any atom is 0.234 e. The number of nitroso groups, excluding NO2 is 1. The number of pyridine rings is 1. The Morgan fingerprint density at radius 2 is 2.03 bits per heavy atom. The number of anilines is 2. The molecule has 0 bridgehead atoms. The van der Waals surface area contributed by atoms with Crippen LogP contribution >= 0.6 is 11.6 Å². The third kappa shape index (κ3) is 4.87. The first kappa shape index (κ1) is 23.3. The van der Waals surface area contributed by atoms with E-state index in [2.05, 4.69) is 42.8 Å². The van der Waals surface area contributed by atoms with Gasteiger partial charge in [0.2, 0.25) is 5.91 Å². The first-order valence-corrected chi connectivity index (χ1v) is 11.4. The lowest BCUT2D eigenvalue weighted by molar-refractivity contribution is -0.131. The van der Waals surface area contributed by atoms with E-state index in [0.29, 0.717) is 18.8 Å². The highest BCUT2D eigenvalue weighted by Gasteiger charge is 2.41. The Hall–Kier alpha value is -1.89. The molecule has 2 unspecified atom stereocenters. The molecule has 32 heavy (non-hydrogen) atoms. The highest BCUT2D eigenvalue weighted by atomic mass is 35.5. The summed E-state index contributed by atoms with van der Waals surface area (Å²) in [6.45, 7) is 8.24. The second kappa shape index (κ2) is 9.94. The van der Waals surface area contributed by atoms with Gasteiger partial charge in [-0.05, 0) is 13.0 Å². The highest BCUT2D eigenvalue weighted by Crippen LogP contribution is 2.30. The SMILES string of the molecule is CC1(N2CCN(c3ccncc3NC(=O)C(C(N)N=O)C3NCC(Cl)CN3)CC2)COC1. The van der Waals surface area contributed by atoms with Crippen molar-refractivity contribution in [2.75, 3.05) is 62.7 Å². The van der Waals surface area contributed by atoms with Crippen LogP contribution in [0.1, 0.15) is 6.92 Å². The molecular weight excluding hydrogens is 436 g/mol. The third-order valence-electron chi connectivity index (χ3n) is 6.54. The summed E-state index contributed by atoms with van der Waals surface area (Å²) in [7, 11) is 0. The highest BCUT2D eigenvalue weighted by molar-refractivity contribution is 6.21. The van der Waals surface area contributed by atoms with Gasteiger partial charge in [0.25, 0.3) is 0 Å². The summed E-state index contributed by atoms with van der Waals surface area (Å²) in [5.41, 5.74) is 7.49. The summed E-state index contributed by atoms with van der Waals surface area (Å²) in [5.74, 6) is -1.30. The number of nitrogens with two attached hydrogens (primary N) is 1. The molecule has 3 aliphatic rings. The number of nitrogens with one attached hydrogen (secondary N) is 3. The average molecular weight is 467 g/mol. The molecule has 0 spiro atoms. The van der Waals surface area contributed by atoms with Crippen LogP contribution in [0.5, 0.6) is 0 Å². The van der Waals surface area contributed by atoms with Crippen molar-refractivity contribution in [1.29, 1.82) is 0 Å². The number of nitrogens with zero attached hydrogens (tertiary/aromatic N) is 4. The smallest absolute Gasteiger partial charge is 0.234 e. The van der Waals surface area contributed by atoms with Gasteiger partial charge < -0.3 is 20.7 Å². The Labute approximate surface area is 192 Å². The molecule has 1 aromatic rings. The van der Waals surface area contributed by atoms with Gasteiger partial charge in [-0.3, -0.25) is 25.3 Å². The summed E-state index contributed by atoms with van der Waals surface area (Å²) in [6.07, 6.45) is 1.61. The van der Waals surface area contributed by atoms with E-state index in [9.17, 15) is 9.70 Å². The minimum absolute atomic E-state index is 0.104. The van der Waals surface area contributed by atoms with Gasteiger partial charge >= 0.3 is 0 Å². The number of carbonyl (C=O) groups is 1. The van der Waals surface area contributed by atoms with Crippen molar-refractivity contribution >= 4 is 28.9 Å². The lowest BCUT2D eigenvalue weighted by Crippen LogP contribution is -2.64. The van der Waals surface area contributed by atoms with Gasteiger partial charge in [-0.15, -0.1) is 16.5 Å². The molecule has 5 N–H and O–H groups in total. The van der Waals surface area contributed by atoms with Crippen molar-refractivity contribution in [3.63, 3.8) is 0 Å². The number of rotatable bonds is 7. The largest absolute Gasteiger partial charge is 0.377 e. The van der Waals surface area contributed by atoms with Crippen molar-refractivity contribution in [2.45, 2.75) is 30.2 Å². The van der Waals surface area contributed by atoms with E-state index < -0.39 is 24.2 Å². The fourth-order valence-electron chi connectivity index (χ4n) is 4.52. The molecule has 1 aromatic heterocycles. The van der Waals surface area contributed by atoms with Crippen molar-refractivity contribution in [3.8, 4) is 0 Å². The standard InChI is InChI=1S/C20H31ClN8O3/c1-20(11-32-12-20)29-6-4-28(5-7-29)15-2-3-23-10-14(15)26-19(30)16(17(22)27-31)18-24-8-13(21)9-25-18/h2-3,10,13,16-18,24-25H,4-9,11-12,22H2,1H3,(H,26,30). The summed E-state index contributed by atoms with van der Waals surface area (Å²) < 4.78 is 5.40. The lowest BCUT2D eigenvalue weighted by Gasteiger charge is -2.50. The average Bonchev–Trinajstić information content (AvgIpc) is 2.79. The van der Waals surface area contributed by atoms with E-state index in [1.165, 1.54) is 0 Å². The van der Waals surface area contributed by atoms with E-state index >= 15 is 0 Å². The van der Waals surface area contributed by atoms with Crippen molar-refractivity contribution in [1.82, 2.24) is 20.5 Å². The molecule has 0 radical (unpaired) electrons. The van der Waals surface area contributed by atoms with Crippen LogP contribution in [-0.2, 0) is 9.53 Å². The van der Waals surface area contributed by atoms with Crippen LogP contribution in [0.25, 0.3) is 0 Å². The summed E-state index contributed by atoms with van der Waals surface area (Å²) in [4.78, 5) is 33.3. The van der Waals surface area contributed by atoms with E-state index in [0.717, 1.165) is 45.1 Å². The van der Waals surface area contributed by atoms with Gasteiger partial charge in [-0.25, -0.2) is 0 Å². The van der Waals surface area contributed by atoms with Crippen LogP contribution in [0.4, 0.5) is 11.4 Å². The zero-order valence-corrected chi connectivity index (χ0v) is 18.9. The second-order valence-corrected chi connectivity index (χ2v) is 9.48. The molecule has 4 heterocycles. The third-order valence-corrected chi connectivity index (χ3v) is 6.84. The normalized spacial score (nSPS) is 27.8. The van der Waals surface area contributed by atoms with Gasteiger partial charge in [-0.2, -0.15) is 0 Å². The van der Waals surface area contributed by atoms with Gasteiger partial charge in [-0.1, -0.05) is 5.18 Å². The number of carbonyl (C=O) groups excluding carboxylic acids is 1. The Balaban J connectivity index is 1.44. The van der Waals surface area contributed by atoms with Crippen molar-refractivity contribution in [3.05, 3.63) is 23.4 Å². The Morgan fingerprint density at radius 3 is 2.62 bits per heavy atom. The molecule has 0 saturated carbocycles. The van der Waals surface area contributed by atoms with E-state index in [4.69, 9.17) is 22.1 Å². The van der Waals surface area contributed by atoms with Gasteiger partial charge in [0.05, 0.1) is 47.9 Å². The molecule has 0 aliphatic carbocycles. The van der Waals surface area contributed by atoms with Crippen LogP contribution in [0, 0.1) is 10.8 Å². The van der Waals surface area contributed by atoms with Gasteiger partial charge in [0.15, 0.2) is 6.17 Å². The molecule has 11 nitrogen and oxygen atoms in total. The zero-order valence-electron chi connectivity index (χ0n) is 18.2. The molecular formula is C20H31ClN8O3. The summed E-state index contributed by atoms with van der Waals surface area (Å²) in [5, 5.41) is 12.0. The zero-order chi connectivity index (χ0) is 22.7. The predicted octanol–water partition coefficient (Wildman–Crippen LogP) is -0.275. The van der Waals surface area contributed by atoms with Crippen LogP contribution in [0.15, 0.2) is 23.6 Å². The summed E-state index contributed by atoms with van der Waals surface area (Å²) >= 11 is 6.10. The van der Waals surface area contributed by atoms with Crippen molar-refractivity contribution in [2.24, 2.45) is 16.8 Å². The minimum atomic E-state index is -1.21. The fourth-order valence-corrected chi connectivity index (χ4v) is 4.70. The molecule has 4 rings (SSSR count). The molecule has 12 heteroatoms. The minimum Gasteiger partial charge on any atom is -0.377 e. The van der Waals surface area contributed by atoms with Crippen molar-refractivity contribution < 1.29 is 9.53 Å². The van der Waals surface area contributed by atoms with E-state index in [1.54, 1.807) is 12.4 Å². The number of ether oxygens (including phenoxy) is 1. The van der Waals surface area contributed by atoms with E-state index in [1.807, 2.05) is 6.07 Å². The predicted molar refractivity (Wildman–Crippen MR) is 123 cm³/mol. The number of aromatic nitrogens is 1. The Kier molecular flexibility index (Phi) is 7.23. The first-order chi connectivity index (χ1) is 15.4. The second-order valence-electron chi connectivity index (χ2n) is 8.86. The number of amides is 1. The van der Waals surface area contributed by atoms with Crippen LogP contribution in [0.2, 0.25) is 0 Å². The topological polar surface area (TPSA) is 137 Å². The lowest BCUT2D eigenvalue weighted by atomic mass is 9.97. The van der Waals surface area contributed by atoms with Crippen LogP contribution in [0.3, 0.4) is 0 Å². The van der Waals surface area contributed by atoms with E-state index in [-0.39, 0.29) is 10.9 Å². The molecule has 2 atom stereocenters. The molecule has 0 aromatic carbocycles. The number of piperazine rings is 1.